The number of carboxylic acids is 4. The Morgan fingerprint density at radius 2 is 0.491 bits per heavy atom. The molecule has 16 nitrogen and oxygen atoms in total. The van der Waals surface area contributed by atoms with E-state index in [1.165, 1.54) is 76.2 Å². The van der Waals surface area contributed by atoms with Crippen molar-refractivity contribution in [2.45, 2.75) is 27.7 Å². The third-order valence-electron chi connectivity index (χ3n) is 5.83. The molecule has 17 heteroatoms. The monoisotopic (exact) mass is 920 g/mol. The van der Waals surface area contributed by atoms with Gasteiger partial charge in [0.25, 0.3) is 0 Å². The zero-order valence-electron chi connectivity index (χ0n) is 28.6. The molecule has 0 aliphatic carbocycles. The van der Waals surface area contributed by atoms with Gasteiger partial charge in [-0.3, -0.25) is 19.2 Å². The van der Waals surface area contributed by atoms with E-state index in [0.717, 1.165) is 0 Å². The van der Waals surface area contributed by atoms with Crippen molar-refractivity contribution in [1.29, 1.82) is 0 Å². The number of nitrogens with one attached hydrogen (secondary N) is 4. The van der Waals surface area contributed by atoms with Crippen LogP contribution in [0.25, 0.3) is 0 Å². The summed E-state index contributed by atoms with van der Waals surface area (Å²) in [6.07, 6.45) is 0. The summed E-state index contributed by atoms with van der Waals surface area (Å²) in [5.74, 6) is -6.45. The maximum Gasteiger partial charge on any atom is 0.221 e. The Morgan fingerprint density at radius 3 is 0.623 bits per heavy atom. The molecular weight excluding hydrogens is 888 g/mol. The minimum Gasteiger partial charge on any atom is -0.545 e. The molecule has 0 aromatic heterocycles. The SMILES string of the molecule is CC(=O)Nc1ccccc1C(=O)[O-].CC(=O)Nc1ccccc1C(=O)[O-].CC(=O)Nc1ccccc1C(=O)[O-].CC(=O)Nc1ccccc1C(=O)[O-].[Pb]. The first-order valence-corrected chi connectivity index (χ1v) is 14.8. The summed E-state index contributed by atoms with van der Waals surface area (Å²) in [6, 6.07) is 24.3. The summed E-state index contributed by atoms with van der Waals surface area (Å²) in [5, 5.41) is 51.7. The van der Waals surface area contributed by atoms with Crippen LogP contribution < -0.4 is 41.7 Å². The van der Waals surface area contributed by atoms with E-state index in [9.17, 15) is 58.8 Å². The Hall–Kier alpha value is -6.44. The van der Waals surface area contributed by atoms with Gasteiger partial charge in [0.15, 0.2) is 0 Å². The van der Waals surface area contributed by atoms with Gasteiger partial charge in [0.05, 0.1) is 23.9 Å². The van der Waals surface area contributed by atoms with Crippen LogP contribution in [0, 0.1) is 0 Å². The van der Waals surface area contributed by atoms with E-state index >= 15 is 0 Å². The van der Waals surface area contributed by atoms with Crippen molar-refractivity contribution in [2.75, 3.05) is 21.3 Å². The number of rotatable bonds is 8. The fourth-order valence-corrected chi connectivity index (χ4v) is 3.84. The van der Waals surface area contributed by atoms with Gasteiger partial charge >= 0.3 is 0 Å². The minimum absolute atomic E-state index is 0. The zero-order valence-corrected chi connectivity index (χ0v) is 32.5. The molecule has 0 saturated carbocycles. The normalized spacial score (nSPS) is 9.13. The molecule has 0 aliphatic rings. The van der Waals surface area contributed by atoms with Gasteiger partial charge in [0.2, 0.25) is 23.6 Å². The number of anilines is 4. The van der Waals surface area contributed by atoms with Crippen molar-refractivity contribution in [3.05, 3.63) is 119 Å². The van der Waals surface area contributed by atoms with Gasteiger partial charge in [-0.05, 0) is 24.3 Å². The van der Waals surface area contributed by atoms with E-state index in [4.69, 9.17) is 0 Å². The van der Waals surface area contributed by atoms with Crippen LogP contribution in [0.4, 0.5) is 22.7 Å². The average molecular weight is 920 g/mol. The Morgan fingerprint density at radius 1 is 0.340 bits per heavy atom. The fourth-order valence-electron chi connectivity index (χ4n) is 3.84. The Labute approximate surface area is 323 Å². The molecule has 4 aromatic rings. The van der Waals surface area contributed by atoms with Crippen LogP contribution in [0.1, 0.15) is 69.1 Å². The zero-order chi connectivity index (χ0) is 39.4. The van der Waals surface area contributed by atoms with Gasteiger partial charge < -0.3 is 60.9 Å². The largest absolute Gasteiger partial charge is 0.545 e. The molecule has 0 heterocycles. The molecule has 53 heavy (non-hydrogen) atoms. The van der Waals surface area contributed by atoms with Crippen LogP contribution in [0.3, 0.4) is 0 Å². The fraction of sp³-hybridized carbons (Fsp3) is 0.111. The summed E-state index contributed by atoms with van der Waals surface area (Å²) >= 11 is 0. The summed E-state index contributed by atoms with van der Waals surface area (Å²) in [6.45, 7) is 5.25. The van der Waals surface area contributed by atoms with Crippen molar-refractivity contribution in [1.82, 2.24) is 0 Å². The Kier molecular flexibility index (Phi) is 21.0. The molecule has 0 unspecified atom stereocenters. The van der Waals surface area contributed by atoms with Gasteiger partial charge in [-0.25, -0.2) is 0 Å². The van der Waals surface area contributed by atoms with E-state index in [2.05, 4.69) is 21.3 Å². The first kappa shape index (κ1) is 46.6. The molecule has 0 fully saturated rings. The van der Waals surface area contributed by atoms with Crippen molar-refractivity contribution in [3.8, 4) is 0 Å². The molecule has 4 amide bonds. The van der Waals surface area contributed by atoms with Crippen LogP contribution in [-0.4, -0.2) is 74.8 Å². The standard InChI is InChI=1S/4C9H9NO3.Pb/c4*1-6(11)10-8-5-3-2-4-7(8)9(12)13;/h4*2-5H,1H3,(H,10,11)(H,12,13);/p-4. The quantitative estimate of drug-likeness (QED) is 0.165. The maximum atomic E-state index is 10.7. The number of hydrogen-bond donors (Lipinski definition) is 4. The van der Waals surface area contributed by atoms with Crippen LogP contribution in [0.15, 0.2) is 97.1 Å². The van der Waals surface area contributed by atoms with E-state index in [1.807, 2.05) is 0 Å². The number of hydrogen-bond acceptors (Lipinski definition) is 12. The van der Waals surface area contributed by atoms with Crippen molar-refractivity contribution < 1.29 is 58.8 Å². The summed E-state index contributed by atoms with van der Waals surface area (Å²) < 4.78 is 0. The van der Waals surface area contributed by atoms with Gasteiger partial charge in [0, 0.05) is 100.0 Å². The predicted molar refractivity (Wildman–Crippen MR) is 186 cm³/mol. The number of carbonyl (C=O) groups is 8. The number of carboxylic acid groups (broad SMARTS) is 4. The minimum atomic E-state index is -1.30. The molecule has 4 rings (SSSR count). The molecule has 0 saturated heterocycles. The predicted octanol–water partition coefficient (Wildman–Crippen LogP) is -0.347. The van der Waals surface area contributed by atoms with E-state index in [1.54, 1.807) is 48.5 Å². The van der Waals surface area contributed by atoms with E-state index < -0.39 is 23.9 Å². The molecule has 0 atom stereocenters. The van der Waals surface area contributed by atoms with Crippen molar-refractivity contribution in [3.63, 3.8) is 0 Å². The molecule has 4 aromatic carbocycles. The number of aromatic carboxylic acids is 4. The van der Waals surface area contributed by atoms with Crippen LogP contribution >= 0.6 is 0 Å². The molecule has 0 spiro atoms. The number of amides is 4. The van der Waals surface area contributed by atoms with Gasteiger partial charge in [-0.1, -0.05) is 72.8 Å². The topological polar surface area (TPSA) is 277 Å². The second-order valence-corrected chi connectivity index (χ2v) is 10.1. The number of para-hydroxylation sites is 4. The number of benzene rings is 4. The molecule has 4 N–H and O–H groups in total. The first-order chi connectivity index (χ1) is 24.4. The average Bonchev–Trinajstić information content (AvgIpc) is 3.05. The molecular formula is C36H32N4O12Pb-4. The van der Waals surface area contributed by atoms with Crippen LogP contribution in [0.2, 0.25) is 0 Å². The van der Waals surface area contributed by atoms with E-state index in [0.29, 0.717) is 0 Å². The van der Waals surface area contributed by atoms with Crippen molar-refractivity contribution in [2.24, 2.45) is 0 Å². The third-order valence-corrected chi connectivity index (χ3v) is 5.83. The summed E-state index contributed by atoms with van der Waals surface area (Å²) in [7, 11) is 0. The molecule has 4 radical (unpaired) electrons. The second-order valence-electron chi connectivity index (χ2n) is 10.1. The van der Waals surface area contributed by atoms with Crippen molar-refractivity contribution >= 4 is 97.6 Å². The Balaban J connectivity index is 0.000000676. The van der Waals surface area contributed by atoms with Crippen LogP contribution in [0.5, 0.6) is 0 Å². The maximum absolute atomic E-state index is 10.7. The smallest absolute Gasteiger partial charge is 0.221 e. The first-order valence-electron chi connectivity index (χ1n) is 14.8. The van der Waals surface area contributed by atoms with Gasteiger partial charge in [0.1, 0.15) is 0 Å². The molecule has 0 aliphatic heterocycles. The van der Waals surface area contributed by atoms with Gasteiger partial charge in [-0.15, -0.1) is 0 Å². The molecule has 0 bridgehead atoms. The number of carbonyl (C=O) groups excluding carboxylic acids is 8. The second kappa shape index (κ2) is 23.9. The Bertz CT molecular complexity index is 1670. The van der Waals surface area contributed by atoms with Crippen LogP contribution in [-0.2, 0) is 19.2 Å². The summed E-state index contributed by atoms with van der Waals surface area (Å²) in [4.78, 5) is 84.8. The van der Waals surface area contributed by atoms with E-state index in [-0.39, 0.29) is 95.9 Å². The summed E-state index contributed by atoms with van der Waals surface area (Å²) in [5.41, 5.74) is 0.973. The molecule has 276 valence electrons. The van der Waals surface area contributed by atoms with Gasteiger partial charge in [-0.2, -0.15) is 0 Å². The third kappa shape index (κ3) is 17.9.